The molecule has 1 N–H and O–H groups in total. The maximum absolute atomic E-state index is 10.4. The summed E-state index contributed by atoms with van der Waals surface area (Å²) in [5, 5.41) is 11.2. The fraction of sp³-hybridized carbons (Fsp3) is 0.571. The summed E-state index contributed by atoms with van der Waals surface area (Å²) >= 11 is 5.83. The zero-order chi connectivity index (χ0) is 12.9. The van der Waals surface area contributed by atoms with Gasteiger partial charge in [0.2, 0.25) is 0 Å². The minimum Gasteiger partial charge on any atom is -0.390 e. The third-order valence-electron chi connectivity index (χ3n) is 3.29. The first kappa shape index (κ1) is 14.5. The molecule has 0 saturated heterocycles. The molecule has 1 rings (SSSR count). The molecule has 0 saturated carbocycles. The van der Waals surface area contributed by atoms with E-state index in [4.69, 9.17) is 16.3 Å². The van der Waals surface area contributed by atoms with Crippen LogP contribution in [0, 0.1) is 5.92 Å². The molecule has 0 heterocycles. The summed E-state index contributed by atoms with van der Waals surface area (Å²) in [6.07, 6.45) is 1.49. The maximum Gasteiger partial charge on any atom is 0.0686 e. The van der Waals surface area contributed by atoms with Gasteiger partial charge in [-0.3, -0.25) is 0 Å². The van der Waals surface area contributed by atoms with E-state index in [2.05, 4.69) is 6.92 Å². The normalized spacial score (nSPS) is 16.5. The van der Waals surface area contributed by atoms with Crippen LogP contribution >= 0.6 is 11.6 Å². The van der Waals surface area contributed by atoms with Gasteiger partial charge in [-0.25, -0.2) is 0 Å². The number of ether oxygens (including phenoxy) is 1. The van der Waals surface area contributed by atoms with Crippen molar-refractivity contribution < 1.29 is 9.84 Å². The Morgan fingerprint density at radius 1 is 1.35 bits per heavy atom. The third kappa shape index (κ3) is 4.66. The molecule has 0 spiro atoms. The van der Waals surface area contributed by atoms with Gasteiger partial charge in [-0.15, -0.1) is 0 Å². The summed E-state index contributed by atoms with van der Waals surface area (Å²) in [5.41, 5.74) is 0.385. The lowest BCUT2D eigenvalue weighted by molar-refractivity contribution is -0.00554. The molecule has 3 heteroatoms. The number of hydrogen-bond donors (Lipinski definition) is 1. The zero-order valence-corrected chi connectivity index (χ0v) is 11.5. The highest BCUT2D eigenvalue weighted by Crippen LogP contribution is 2.25. The van der Waals surface area contributed by atoms with Gasteiger partial charge in [0.05, 0.1) is 5.60 Å². The molecule has 2 atom stereocenters. The molecule has 0 aliphatic rings. The summed E-state index contributed by atoms with van der Waals surface area (Å²) in [4.78, 5) is 0. The predicted octanol–water partition coefficient (Wildman–Crippen LogP) is 3.31. The van der Waals surface area contributed by atoms with Crippen LogP contribution in [-0.2, 0) is 11.2 Å². The molecule has 0 amide bonds. The molecular weight excluding hydrogens is 236 g/mol. The molecule has 1 aromatic rings. The van der Waals surface area contributed by atoms with Gasteiger partial charge in [-0.2, -0.15) is 0 Å². The van der Waals surface area contributed by atoms with Crippen LogP contribution in [0.15, 0.2) is 24.3 Å². The fourth-order valence-electron chi connectivity index (χ4n) is 1.80. The Labute approximate surface area is 109 Å². The predicted molar refractivity (Wildman–Crippen MR) is 71.4 cm³/mol. The van der Waals surface area contributed by atoms with Crippen LogP contribution < -0.4 is 0 Å². The van der Waals surface area contributed by atoms with Crippen LogP contribution in [0.3, 0.4) is 0 Å². The van der Waals surface area contributed by atoms with Crippen molar-refractivity contribution in [3.63, 3.8) is 0 Å². The van der Waals surface area contributed by atoms with E-state index in [1.165, 1.54) is 0 Å². The van der Waals surface area contributed by atoms with E-state index in [1.54, 1.807) is 7.11 Å². The van der Waals surface area contributed by atoms with Gasteiger partial charge in [0.15, 0.2) is 0 Å². The van der Waals surface area contributed by atoms with E-state index in [0.29, 0.717) is 13.0 Å². The Bertz CT molecular complexity index is 333. The van der Waals surface area contributed by atoms with Crippen molar-refractivity contribution in [2.75, 3.05) is 13.7 Å². The second-order valence-corrected chi connectivity index (χ2v) is 5.28. The molecule has 0 aromatic heterocycles. The smallest absolute Gasteiger partial charge is 0.0686 e. The van der Waals surface area contributed by atoms with E-state index in [-0.39, 0.29) is 5.92 Å². The lowest BCUT2D eigenvalue weighted by atomic mass is 9.83. The number of rotatable bonds is 6. The van der Waals surface area contributed by atoms with Crippen LogP contribution in [0.25, 0.3) is 0 Å². The van der Waals surface area contributed by atoms with Gasteiger partial charge in [-0.1, -0.05) is 30.7 Å². The Balaban J connectivity index is 2.61. The first-order chi connectivity index (χ1) is 7.95. The molecular formula is C14H21ClO2. The molecule has 2 unspecified atom stereocenters. The first-order valence-electron chi connectivity index (χ1n) is 5.91. The minimum absolute atomic E-state index is 0.193. The summed E-state index contributed by atoms with van der Waals surface area (Å²) in [5.74, 6) is 0.193. The summed E-state index contributed by atoms with van der Waals surface area (Å²) in [6.45, 7) is 4.61. The lowest BCUT2D eigenvalue weighted by Crippen LogP contribution is -2.35. The minimum atomic E-state index is -0.716. The van der Waals surface area contributed by atoms with Crippen molar-refractivity contribution in [2.45, 2.75) is 32.3 Å². The third-order valence-corrected chi connectivity index (χ3v) is 3.54. The monoisotopic (exact) mass is 256 g/mol. The molecule has 0 aliphatic heterocycles. The van der Waals surface area contributed by atoms with Gasteiger partial charge in [0.25, 0.3) is 0 Å². The quantitative estimate of drug-likeness (QED) is 0.846. The summed E-state index contributed by atoms with van der Waals surface area (Å²) < 4.78 is 5.05. The van der Waals surface area contributed by atoms with Crippen molar-refractivity contribution in [3.8, 4) is 0 Å². The Morgan fingerprint density at radius 3 is 2.47 bits per heavy atom. The zero-order valence-electron chi connectivity index (χ0n) is 10.7. The van der Waals surface area contributed by atoms with Crippen LogP contribution in [0.5, 0.6) is 0 Å². The highest BCUT2D eigenvalue weighted by atomic mass is 35.5. The van der Waals surface area contributed by atoms with E-state index < -0.39 is 5.60 Å². The van der Waals surface area contributed by atoms with Gasteiger partial charge in [-0.05, 0) is 37.0 Å². The van der Waals surface area contributed by atoms with Crippen molar-refractivity contribution in [3.05, 3.63) is 34.9 Å². The second-order valence-electron chi connectivity index (χ2n) is 4.84. The largest absolute Gasteiger partial charge is 0.390 e. The van der Waals surface area contributed by atoms with Gasteiger partial charge >= 0.3 is 0 Å². The van der Waals surface area contributed by atoms with Crippen LogP contribution in [0.1, 0.15) is 25.8 Å². The molecule has 96 valence electrons. The van der Waals surface area contributed by atoms with Crippen molar-refractivity contribution in [2.24, 2.45) is 5.92 Å². The maximum atomic E-state index is 10.4. The second kappa shape index (κ2) is 6.39. The van der Waals surface area contributed by atoms with Crippen LogP contribution in [0.2, 0.25) is 5.02 Å². The van der Waals surface area contributed by atoms with Crippen LogP contribution in [0.4, 0.5) is 0 Å². The van der Waals surface area contributed by atoms with Gasteiger partial charge in [0, 0.05) is 25.2 Å². The topological polar surface area (TPSA) is 29.5 Å². The number of halogens is 1. The Kier molecular flexibility index (Phi) is 5.44. The number of methoxy groups -OCH3 is 1. The molecule has 0 aliphatic carbocycles. The first-order valence-corrected chi connectivity index (χ1v) is 6.29. The highest BCUT2D eigenvalue weighted by molar-refractivity contribution is 6.30. The molecule has 17 heavy (non-hydrogen) atoms. The van der Waals surface area contributed by atoms with Crippen molar-refractivity contribution in [1.82, 2.24) is 0 Å². The Morgan fingerprint density at radius 2 is 1.94 bits per heavy atom. The Hall–Kier alpha value is -0.570. The SMILES string of the molecule is COCCC(C)C(C)(O)Cc1ccc(Cl)cc1. The summed E-state index contributed by atoms with van der Waals surface area (Å²) in [6, 6.07) is 7.62. The standard InChI is InChI=1S/C14H21ClO2/c1-11(8-9-17-3)14(2,16)10-12-4-6-13(15)7-5-12/h4-7,11,16H,8-10H2,1-3H3. The molecule has 0 fully saturated rings. The molecule has 0 radical (unpaired) electrons. The summed E-state index contributed by atoms with van der Waals surface area (Å²) in [7, 11) is 1.68. The average molecular weight is 257 g/mol. The van der Waals surface area contributed by atoms with Crippen molar-refractivity contribution in [1.29, 1.82) is 0 Å². The van der Waals surface area contributed by atoms with E-state index in [9.17, 15) is 5.11 Å². The van der Waals surface area contributed by atoms with Crippen LogP contribution in [-0.4, -0.2) is 24.4 Å². The number of benzene rings is 1. The molecule has 2 nitrogen and oxygen atoms in total. The number of aliphatic hydroxyl groups is 1. The molecule has 0 bridgehead atoms. The van der Waals surface area contributed by atoms with E-state index >= 15 is 0 Å². The van der Waals surface area contributed by atoms with E-state index in [1.807, 2.05) is 31.2 Å². The lowest BCUT2D eigenvalue weighted by Gasteiger charge is -2.30. The highest BCUT2D eigenvalue weighted by Gasteiger charge is 2.28. The van der Waals surface area contributed by atoms with E-state index in [0.717, 1.165) is 17.0 Å². The van der Waals surface area contributed by atoms with Gasteiger partial charge in [0.1, 0.15) is 0 Å². The average Bonchev–Trinajstić information content (AvgIpc) is 2.28. The van der Waals surface area contributed by atoms with Gasteiger partial charge < -0.3 is 9.84 Å². The number of hydrogen-bond acceptors (Lipinski definition) is 2. The molecule has 1 aromatic carbocycles. The van der Waals surface area contributed by atoms with Crippen molar-refractivity contribution >= 4 is 11.6 Å². The fourth-order valence-corrected chi connectivity index (χ4v) is 1.92.